The van der Waals surface area contributed by atoms with Crippen LogP contribution in [0.3, 0.4) is 0 Å². The number of carbonyl (C=O) groups is 2. The summed E-state index contributed by atoms with van der Waals surface area (Å²) in [5.74, 6) is 1.92. The first-order valence-electron chi connectivity index (χ1n) is 10.9. The largest absolute Gasteiger partial charge is 0.482 e. The number of aryl methyl sites for hydroxylation is 3. The highest BCUT2D eigenvalue weighted by molar-refractivity contribution is 5.96. The summed E-state index contributed by atoms with van der Waals surface area (Å²) in [6, 6.07) is 15.3. The highest BCUT2D eigenvalue weighted by atomic mass is 16.5. The van der Waals surface area contributed by atoms with Gasteiger partial charge in [-0.1, -0.05) is 29.8 Å². The molecule has 2 N–H and O–H groups in total. The smallest absolute Gasteiger partial charge is 0.262 e. The van der Waals surface area contributed by atoms with E-state index in [4.69, 9.17) is 9.15 Å². The number of amides is 2. The van der Waals surface area contributed by atoms with Crippen LogP contribution in [0.2, 0.25) is 0 Å². The standard InChI is InChI=1S/C26H26N2O4/c1-15-4-7-19(16(2)12-15)24(21-9-5-17(3)32-21)28-25(30)26(10-11-26)18-6-8-20-22(13-18)31-14-23(29)27-20/h4-9,12-13,24H,10-11,14H2,1-3H3,(H,27,29)(H,28,30). The maximum absolute atomic E-state index is 13.6. The number of fused-ring (bicyclic) bond motifs is 1. The van der Waals surface area contributed by atoms with Gasteiger partial charge in [-0.25, -0.2) is 0 Å². The van der Waals surface area contributed by atoms with E-state index in [2.05, 4.69) is 42.7 Å². The van der Waals surface area contributed by atoms with E-state index in [0.29, 0.717) is 11.4 Å². The van der Waals surface area contributed by atoms with Crippen molar-refractivity contribution in [3.05, 3.63) is 82.3 Å². The molecule has 0 radical (unpaired) electrons. The third-order valence-corrected chi connectivity index (χ3v) is 6.41. The number of benzene rings is 2. The van der Waals surface area contributed by atoms with Crippen LogP contribution in [0.15, 0.2) is 52.9 Å². The molecule has 2 aliphatic rings. The van der Waals surface area contributed by atoms with E-state index in [0.717, 1.165) is 41.1 Å². The minimum Gasteiger partial charge on any atom is -0.482 e. The fraction of sp³-hybridized carbons (Fsp3) is 0.308. The van der Waals surface area contributed by atoms with E-state index in [-0.39, 0.29) is 24.5 Å². The molecule has 1 aromatic heterocycles. The van der Waals surface area contributed by atoms with Gasteiger partial charge in [-0.3, -0.25) is 9.59 Å². The van der Waals surface area contributed by atoms with Gasteiger partial charge in [-0.15, -0.1) is 0 Å². The Kier molecular flexibility index (Phi) is 4.81. The lowest BCUT2D eigenvalue weighted by Crippen LogP contribution is -2.38. The first-order valence-corrected chi connectivity index (χ1v) is 10.9. The number of hydrogen-bond acceptors (Lipinski definition) is 4. The summed E-state index contributed by atoms with van der Waals surface area (Å²) in [7, 11) is 0. The Hall–Kier alpha value is -3.54. The molecule has 1 atom stereocenters. The summed E-state index contributed by atoms with van der Waals surface area (Å²) >= 11 is 0. The molecule has 2 amide bonds. The molecular formula is C26H26N2O4. The summed E-state index contributed by atoms with van der Waals surface area (Å²) in [6.45, 7) is 6.00. The highest BCUT2D eigenvalue weighted by Gasteiger charge is 2.52. The SMILES string of the molecule is Cc1ccc(C(NC(=O)C2(c3ccc4c(c3)OCC(=O)N4)CC2)c2ccc(C)o2)c(C)c1. The lowest BCUT2D eigenvalue weighted by Gasteiger charge is -2.25. The van der Waals surface area contributed by atoms with Crippen LogP contribution in [-0.2, 0) is 15.0 Å². The van der Waals surface area contributed by atoms with Crippen molar-refractivity contribution in [1.82, 2.24) is 5.32 Å². The fourth-order valence-electron chi connectivity index (χ4n) is 4.47. The van der Waals surface area contributed by atoms with Crippen LogP contribution in [-0.4, -0.2) is 18.4 Å². The number of furan rings is 1. The predicted molar refractivity (Wildman–Crippen MR) is 121 cm³/mol. The van der Waals surface area contributed by atoms with E-state index in [1.165, 1.54) is 5.56 Å². The summed E-state index contributed by atoms with van der Waals surface area (Å²) in [4.78, 5) is 25.2. The van der Waals surface area contributed by atoms with Gasteiger partial charge in [0.1, 0.15) is 23.3 Å². The van der Waals surface area contributed by atoms with Crippen LogP contribution >= 0.6 is 0 Å². The van der Waals surface area contributed by atoms with Gasteiger partial charge in [-0.2, -0.15) is 0 Å². The summed E-state index contributed by atoms with van der Waals surface area (Å²) in [6.07, 6.45) is 1.53. The Balaban J connectivity index is 1.46. The van der Waals surface area contributed by atoms with Crippen LogP contribution in [0.5, 0.6) is 5.75 Å². The molecule has 6 heteroatoms. The molecule has 1 saturated carbocycles. The molecule has 1 fully saturated rings. The highest BCUT2D eigenvalue weighted by Crippen LogP contribution is 2.50. The molecule has 5 rings (SSSR count). The average Bonchev–Trinajstić information content (AvgIpc) is 3.47. The molecule has 32 heavy (non-hydrogen) atoms. The van der Waals surface area contributed by atoms with Gasteiger partial charge < -0.3 is 19.8 Å². The van der Waals surface area contributed by atoms with Crippen LogP contribution in [0.1, 0.15) is 52.7 Å². The number of nitrogens with one attached hydrogen (secondary N) is 2. The van der Waals surface area contributed by atoms with Gasteiger partial charge in [0, 0.05) is 0 Å². The van der Waals surface area contributed by atoms with Crippen LogP contribution in [0.4, 0.5) is 5.69 Å². The Labute approximate surface area is 187 Å². The van der Waals surface area contributed by atoms with Gasteiger partial charge in [0.2, 0.25) is 5.91 Å². The molecule has 164 valence electrons. The zero-order valence-electron chi connectivity index (χ0n) is 18.5. The van der Waals surface area contributed by atoms with Crippen LogP contribution < -0.4 is 15.4 Å². The second kappa shape index (κ2) is 7.55. The Morgan fingerprint density at radius 3 is 2.56 bits per heavy atom. The number of ether oxygens (including phenoxy) is 1. The first-order chi connectivity index (χ1) is 15.4. The van der Waals surface area contributed by atoms with Crippen molar-refractivity contribution in [1.29, 1.82) is 0 Å². The lowest BCUT2D eigenvalue weighted by atomic mass is 9.92. The molecule has 6 nitrogen and oxygen atoms in total. The molecule has 1 aliphatic carbocycles. The van der Waals surface area contributed by atoms with Gasteiger partial charge in [-0.05, 0) is 74.6 Å². The zero-order valence-corrected chi connectivity index (χ0v) is 18.5. The number of hydrogen-bond donors (Lipinski definition) is 2. The third-order valence-electron chi connectivity index (χ3n) is 6.41. The second-order valence-corrected chi connectivity index (χ2v) is 8.84. The van der Waals surface area contributed by atoms with E-state index >= 15 is 0 Å². The molecule has 1 unspecified atom stereocenters. The number of carbonyl (C=O) groups excluding carboxylic acids is 2. The van der Waals surface area contributed by atoms with Crippen molar-refractivity contribution in [3.63, 3.8) is 0 Å². The van der Waals surface area contributed by atoms with Crippen molar-refractivity contribution in [3.8, 4) is 5.75 Å². The van der Waals surface area contributed by atoms with Crippen molar-refractivity contribution in [2.45, 2.75) is 45.1 Å². The Morgan fingerprint density at radius 2 is 1.88 bits per heavy atom. The molecule has 2 heterocycles. The third kappa shape index (κ3) is 3.55. The summed E-state index contributed by atoms with van der Waals surface area (Å²) < 4.78 is 11.5. The first kappa shape index (κ1) is 20.4. The molecule has 3 aromatic rings. The maximum atomic E-state index is 13.6. The number of anilines is 1. The van der Waals surface area contributed by atoms with Crippen molar-refractivity contribution >= 4 is 17.5 Å². The van der Waals surface area contributed by atoms with Gasteiger partial charge >= 0.3 is 0 Å². The molecule has 1 aliphatic heterocycles. The van der Waals surface area contributed by atoms with Gasteiger partial charge in [0.15, 0.2) is 6.61 Å². The zero-order chi connectivity index (χ0) is 22.5. The maximum Gasteiger partial charge on any atom is 0.262 e. The topological polar surface area (TPSA) is 80.6 Å². The molecular weight excluding hydrogens is 404 g/mol. The summed E-state index contributed by atoms with van der Waals surface area (Å²) in [5, 5.41) is 6.07. The van der Waals surface area contributed by atoms with Crippen molar-refractivity contribution in [2.75, 3.05) is 11.9 Å². The van der Waals surface area contributed by atoms with Crippen LogP contribution in [0.25, 0.3) is 0 Å². The molecule has 0 saturated heterocycles. The fourth-order valence-corrected chi connectivity index (χ4v) is 4.47. The normalized spacial score (nSPS) is 17.0. The number of rotatable bonds is 5. The minimum absolute atomic E-state index is 0.0116. The van der Waals surface area contributed by atoms with E-state index in [9.17, 15) is 9.59 Å². The minimum atomic E-state index is -0.599. The average molecular weight is 431 g/mol. The molecule has 0 bridgehead atoms. The van der Waals surface area contributed by atoms with Gasteiger partial charge in [0.25, 0.3) is 5.91 Å². The second-order valence-electron chi connectivity index (χ2n) is 8.84. The summed E-state index contributed by atoms with van der Waals surface area (Å²) in [5.41, 5.74) is 4.24. The van der Waals surface area contributed by atoms with E-state index < -0.39 is 5.41 Å². The van der Waals surface area contributed by atoms with Crippen molar-refractivity contribution in [2.24, 2.45) is 0 Å². The molecule has 2 aromatic carbocycles. The van der Waals surface area contributed by atoms with Gasteiger partial charge in [0.05, 0.1) is 11.1 Å². The van der Waals surface area contributed by atoms with Crippen LogP contribution in [0, 0.1) is 20.8 Å². The molecule has 0 spiro atoms. The Morgan fingerprint density at radius 1 is 1.06 bits per heavy atom. The Bertz CT molecular complexity index is 1220. The van der Waals surface area contributed by atoms with Crippen molar-refractivity contribution < 1.29 is 18.7 Å². The quantitative estimate of drug-likeness (QED) is 0.626. The predicted octanol–water partition coefficient (Wildman–Crippen LogP) is 4.47. The lowest BCUT2D eigenvalue weighted by molar-refractivity contribution is -0.124. The monoisotopic (exact) mass is 430 g/mol. The van der Waals surface area contributed by atoms with E-state index in [1.54, 1.807) is 0 Å². The van der Waals surface area contributed by atoms with E-state index in [1.807, 2.05) is 37.3 Å².